The number of alkyl halides is 3. The molecule has 0 radical (unpaired) electrons. The molecule has 0 aliphatic heterocycles. The molecule has 0 amide bonds. The normalized spacial score (nSPS) is 11.8. The van der Waals surface area contributed by atoms with E-state index >= 15 is 0 Å². The van der Waals surface area contributed by atoms with Crippen LogP contribution in [0.2, 0.25) is 0 Å². The second-order valence-corrected chi connectivity index (χ2v) is 8.31. The summed E-state index contributed by atoms with van der Waals surface area (Å²) in [6.45, 7) is 0. The van der Waals surface area contributed by atoms with Crippen molar-refractivity contribution in [1.82, 2.24) is 14.5 Å². The van der Waals surface area contributed by atoms with Crippen molar-refractivity contribution >= 4 is 44.9 Å². The summed E-state index contributed by atoms with van der Waals surface area (Å²) in [6.07, 6.45) is -3.00. The van der Waals surface area contributed by atoms with Crippen molar-refractivity contribution in [3.8, 4) is 22.4 Å². The average Bonchev–Trinajstić information content (AvgIpc) is 3.21. The summed E-state index contributed by atoms with van der Waals surface area (Å²) in [7, 11) is 1.44. The highest BCUT2D eigenvalue weighted by Gasteiger charge is 2.30. The van der Waals surface area contributed by atoms with Gasteiger partial charge in [-0.1, -0.05) is 11.3 Å². The van der Waals surface area contributed by atoms with Gasteiger partial charge in [0.2, 0.25) is 10.7 Å². The number of nitrogens with zero attached hydrogens (tertiary/aromatic N) is 3. The van der Waals surface area contributed by atoms with Crippen molar-refractivity contribution in [1.29, 1.82) is 0 Å². The van der Waals surface area contributed by atoms with Gasteiger partial charge in [0, 0.05) is 18.3 Å². The summed E-state index contributed by atoms with van der Waals surface area (Å²) in [4.78, 5) is 21.5. The predicted octanol–water partition coefficient (Wildman–Crippen LogP) is 6.14. The number of halogens is 3. The van der Waals surface area contributed by atoms with Crippen LogP contribution in [0.4, 0.5) is 13.2 Å². The number of pyridine rings is 1. The molecule has 34 heavy (non-hydrogen) atoms. The summed E-state index contributed by atoms with van der Waals surface area (Å²) in [5.41, 5.74) is -0.520. The van der Waals surface area contributed by atoms with Gasteiger partial charge in [-0.05, 0) is 48.6 Å². The van der Waals surface area contributed by atoms with E-state index in [9.17, 15) is 18.0 Å². The van der Waals surface area contributed by atoms with Gasteiger partial charge in [-0.15, -0.1) is 0 Å². The van der Waals surface area contributed by atoms with Gasteiger partial charge in [-0.2, -0.15) is 13.2 Å². The number of hydrogen-bond acceptors (Lipinski definition) is 8. The van der Waals surface area contributed by atoms with Crippen LogP contribution in [0.5, 0.6) is 17.2 Å². The molecule has 7 nitrogen and oxygen atoms in total. The number of fused-ring (bicyclic) bond motifs is 2. The highest BCUT2D eigenvalue weighted by Crippen LogP contribution is 2.33. The molecule has 0 atom stereocenters. The number of benzene rings is 2. The number of aromatic nitrogens is 3. The molecule has 0 aliphatic carbocycles. The van der Waals surface area contributed by atoms with E-state index in [4.69, 9.17) is 26.1 Å². The highest BCUT2D eigenvalue weighted by atomic mass is 32.1. The Hall–Kier alpha value is -3.77. The Balaban J connectivity index is 1.52. The Labute approximate surface area is 197 Å². The number of methoxy groups -OCH3 is 1. The Morgan fingerprint density at radius 1 is 1.09 bits per heavy atom. The summed E-state index contributed by atoms with van der Waals surface area (Å²) >= 11 is 6.45. The van der Waals surface area contributed by atoms with Gasteiger partial charge in [0.05, 0.1) is 22.9 Å². The van der Waals surface area contributed by atoms with Crippen LogP contribution in [0, 0.1) is 4.84 Å². The van der Waals surface area contributed by atoms with Gasteiger partial charge in [0.25, 0.3) is 10.4 Å². The summed E-state index contributed by atoms with van der Waals surface area (Å²) in [6, 6.07) is 10.9. The van der Waals surface area contributed by atoms with Gasteiger partial charge >= 0.3 is 6.18 Å². The van der Waals surface area contributed by atoms with E-state index in [-0.39, 0.29) is 26.8 Å². The van der Waals surface area contributed by atoms with Gasteiger partial charge in [0.15, 0.2) is 11.3 Å². The first-order valence-electron chi connectivity index (χ1n) is 9.59. The van der Waals surface area contributed by atoms with Crippen LogP contribution in [0.25, 0.3) is 26.4 Å². The van der Waals surface area contributed by atoms with E-state index in [1.54, 1.807) is 24.3 Å². The third kappa shape index (κ3) is 3.90. The number of thiazole rings is 1. The molecule has 172 valence electrons. The molecular formula is C22H12F3N3O4S2. The van der Waals surface area contributed by atoms with Crippen molar-refractivity contribution in [3.63, 3.8) is 0 Å². The predicted molar refractivity (Wildman–Crippen MR) is 122 cm³/mol. The lowest BCUT2D eigenvalue weighted by Gasteiger charge is -2.08. The molecule has 2 aromatic carbocycles. The third-order valence-electron chi connectivity index (χ3n) is 4.82. The van der Waals surface area contributed by atoms with Crippen LogP contribution in [0.1, 0.15) is 5.56 Å². The molecule has 5 rings (SSSR count). The lowest BCUT2D eigenvalue weighted by molar-refractivity contribution is -0.137. The van der Waals surface area contributed by atoms with E-state index in [0.29, 0.717) is 21.7 Å². The fraction of sp³-hybridized carbons (Fsp3) is 0.0909. The molecule has 0 bridgehead atoms. The van der Waals surface area contributed by atoms with E-state index < -0.39 is 17.3 Å². The summed E-state index contributed by atoms with van der Waals surface area (Å²) in [5, 5.41) is 0.270. The molecule has 12 heteroatoms. The molecule has 0 fully saturated rings. The molecule has 0 spiro atoms. The Kier molecular flexibility index (Phi) is 5.33. The largest absolute Gasteiger partial charge is 0.493 e. The highest BCUT2D eigenvalue weighted by molar-refractivity contribution is 7.71. The maximum Gasteiger partial charge on any atom is 0.416 e. The Morgan fingerprint density at radius 2 is 1.82 bits per heavy atom. The number of rotatable bonds is 4. The van der Waals surface area contributed by atoms with E-state index in [2.05, 4.69) is 9.97 Å². The quantitative estimate of drug-likeness (QED) is 0.273. The fourth-order valence-corrected chi connectivity index (χ4v) is 4.53. The molecule has 0 unspecified atom stereocenters. The van der Waals surface area contributed by atoms with Gasteiger partial charge in [-0.25, -0.2) is 14.5 Å². The van der Waals surface area contributed by atoms with Crippen LogP contribution in [0.3, 0.4) is 0 Å². The maximum absolute atomic E-state index is 13.1. The summed E-state index contributed by atoms with van der Waals surface area (Å²) < 4.78 is 56.6. The molecule has 0 saturated carbocycles. The zero-order chi connectivity index (χ0) is 24.0. The zero-order valence-corrected chi connectivity index (χ0v) is 18.8. The lowest BCUT2D eigenvalue weighted by atomic mass is 10.2. The van der Waals surface area contributed by atoms with Crippen molar-refractivity contribution in [2.75, 3.05) is 7.11 Å². The Bertz CT molecular complexity index is 1660. The van der Waals surface area contributed by atoms with E-state index in [0.717, 1.165) is 16.7 Å². The zero-order valence-electron chi connectivity index (χ0n) is 17.1. The van der Waals surface area contributed by atoms with Gasteiger partial charge in [0.1, 0.15) is 11.5 Å². The van der Waals surface area contributed by atoms with Crippen LogP contribution >= 0.6 is 23.6 Å². The molecule has 0 aliphatic rings. The van der Waals surface area contributed by atoms with Crippen LogP contribution in [0.15, 0.2) is 63.9 Å². The smallest absolute Gasteiger partial charge is 0.416 e. The second-order valence-electron chi connectivity index (χ2n) is 6.95. The van der Waals surface area contributed by atoms with Crippen molar-refractivity contribution < 1.29 is 27.1 Å². The molecule has 0 N–H and O–H groups in total. The first-order chi connectivity index (χ1) is 16.2. The first kappa shape index (κ1) is 22.0. The van der Waals surface area contributed by atoms with Gasteiger partial charge < -0.3 is 13.9 Å². The van der Waals surface area contributed by atoms with Gasteiger partial charge in [-0.3, -0.25) is 4.79 Å². The minimum absolute atomic E-state index is 0.0403. The van der Waals surface area contributed by atoms with Crippen molar-refractivity contribution in [2.24, 2.45) is 0 Å². The maximum atomic E-state index is 13.1. The van der Waals surface area contributed by atoms with Crippen LogP contribution < -0.4 is 15.0 Å². The Morgan fingerprint density at radius 3 is 2.53 bits per heavy atom. The monoisotopic (exact) mass is 503 g/mol. The second kappa shape index (κ2) is 8.22. The molecule has 3 heterocycles. The number of hydrogen-bond donors (Lipinski definition) is 0. The topological polar surface area (TPSA) is 79.4 Å². The van der Waals surface area contributed by atoms with Crippen molar-refractivity contribution in [3.05, 3.63) is 75.5 Å². The lowest BCUT2D eigenvalue weighted by Crippen LogP contribution is -2.20. The fourth-order valence-electron chi connectivity index (χ4n) is 3.23. The standard InChI is InChI=1S/C22H12F3N3O4S2/c1-30-15-8-9-26-17-18(15)32-21(33)28(19(17)29)20-27-14-7-6-13(10-16(14)34-20)31-12-4-2-11(3-5-12)22(23,24)25/h2-10H,1H3. The van der Waals surface area contributed by atoms with Crippen LogP contribution in [-0.2, 0) is 6.18 Å². The molecule has 0 saturated heterocycles. The average molecular weight is 503 g/mol. The van der Waals surface area contributed by atoms with Crippen LogP contribution in [-0.4, -0.2) is 21.6 Å². The number of ether oxygens (including phenoxy) is 2. The molecule has 5 aromatic rings. The summed E-state index contributed by atoms with van der Waals surface area (Å²) in [5.74, 6) is 0.965. The van der Waals surface area contributed by atoms with E-state index in [1.165, 1.54) is 36.8 Å². The SMILES string of the molecule is COc1ccnc2c(=O)n(-c3nc4ccc(Oc5ccc(C(F)(F)F)cc5)cc4s3)c(=S)oc12. The van der Waals surface area contributed by atoms with Crippen molar-refractivity contribution in [2.45, 2.75) is 6.18 Å². The minimum atomic E-state index is -4.42. The third-order valence-corrected chi connectivity index (χ3v) is 6.09. The molecule has 3 aromatic heterocycles. The first-order valence-corrected chi connectivity index (χ1v) is 10.8. The minimum Gasteiger partial charge on any atom is -0.493 e. The van der Waals surface area contributed by atoms with E-state index in [1.807, 2.05) is 0 Å². The molecular weight excluding hydrogens is 491 g/mol.